The number of fused-ring (bicyclic) bond motifs is 1. The number of thioether (sulfide) groups is 1. The van der Waals surface area contributed by atoms with E-state index in [0.717, 1.165) is 12.1 Å². The van der Waals surface area contributed by atoms with Gasteiger partial charge in [0.05, 0.1) is 22.0 Å². The van der Waals surface area contributed by atoms with Crippen molar-refractivity contribution >= 4 is 57.6 Å². The molecule has 0 saturated heterocycles. The summed E-state index contributed by atoms with van der Waals surface area (Å²) in [6.07, 6.45) is 0.838. The Morgan fingerprint density at radius 2 is 2.07 bits per heavy atom. The fourth-order valence-electron chi connectivity index (χ4n) is 2.82. The number of amides is 1. The number of nitrogens with one attached hydrogen (secondary N) is 2. The third-order valence-corrected chi connectivity index (χ3v) is 5.84. The van der Waals surface area contributed by atoms with Crippen molar-refractivity contribution in [1.29, 1.82) is 0 Å². The topological polar surface area (TPSA) is 79.8 Å². The molecule has 29 heavy (non-hydrogen) atoms. The van der Waals surface area contributed by atoms with E-state index in [0.29, 0.717) is 44.4 Å². The van der Waals surface area contributed by atoms with E-state index in [4.69, 9.17) is 23.2 Å². The molecule has 6 nitrogen and oxygen atoms in total. The van der Waals surface area contributed by atoms with E-state index in [9.17, 15) is 9.59 Å². The lowest BCUT2D eigenvalue weighted by Gasteiger charge is -2.13. The number of benzene rings is 1. The van der Waals surface area contributed by atoms with Gasteiger partial charge in [-0.2, -0.15) is 0 Å². The molecule has 2 aromatic heterocycles. The summed E-state index contributed by atoms with van der Waals surface area (Å²) in [6, 6.07) is 6.71. The van der Waals surface area contributed by atoms with Crippen LogP contribution in [0.4, 0.5) is 5.69 Å². The summed E-state index contributed by atoms with van der Waals surface area (Å²) in [6.45, 7) is 6.63. The van der Waals surface area contributed by atoms with Crippen LogP contribution in [0, 0.1) is 12.8 Å². The van der Waals surface area contributed by atoms with Crippen molar-refractivity contribution in [2.45, 2.75) is 38.9 Å². The molecule has 0 aliphatic heterocycles. The fourth-order valence-corrected chi connectivity index (χ4v) is 3.98. The predicted octanol–water partition coefficient (Wildman–Crippen LogP) is 5.12. The summed E-state index contributed by atoms with van der Waals surface area (Å²) in [5.74, 6) is 0.273. The smallest absolute Gasteiger partial charge is 0.278 e. The van der Waals surface area contributed by atoms with Gasteiger partial charge in [-0.05, 0) is 43.5 Å². The molecule has 2 heterocycles. The number of rotatable bonds is 7. The molecule has 0 atom stereocenters. The van der Waals surface area contributed by atoms with Gasteiger partial charge in [0.2, 0.25) is 5.91 Å². The van der Waals surface area contributed by atoms with Gasteiger partial charge in [0.25, 0.3) is 5.56 Å². The number of carbonyl (C=O) groups excluding carboxylic acids is 1. The molecule has 0 spiro atoms. The van der Waals surface area contributed by atoms with Crippen LogP contribution in [0.5, 0.6) is 0 Å². The minimum Gasteiger partial charge on any atom is -0.353 e. The maximum Gasteiger partial charge on any atom is 0.278 e. The lowest BCUT2D eigenvalue weighted by molar-refractivity contribution is -0.113. The number of hydrogen-bond donors (Lipinski definition) is 2. The van der Waals surface area contributed by atoms with Gasteiger partial charge in [-0.1, -0.05) is 48.8 Å². The lowest BCUT2D eigenvalue weighted by atomic mass is 10.1. The van der Waals surface area contributed by atoms with Crippen LogP contribution in [0.25, 0.3) is 11.0 Å². The van der Waals surface area contributed by atoms with Crippen LogP contribution in [0.15, 0.2) is 34.2 Å². The van der Waals surface area contributed by atoms with E-state index in [1.165, 1.54) is 11.8 Å². The van der Waals surface area contributed by atoms with Gasteiger partial charge in [0.15, 0.2) is 5.16 Å². The third kappa shape index (κ3) is 5.35. The van der Waals surface area contributed by atoms with Crippen molar-refractivity contribution in [3.63, 3.8) is 0 Å². The molecule has 2 N–H and O–H groups in total. The van der Waals surface area contributed by atoms with E-state index in [-0.39, 0.29) is 17.2 Å². The van der Waals surface area contributed by atoms with Crippen molar-refractivity contribution in [3.05, 3.63) is 50.4 Å². The number of anilines is 1. The van der Waals surface area contributed by atoms with Gasteiger partial charge < -0.3 is 10.3 Å². The Labute approximate surface area is 183 Å². The number of hydrogen-bond acceptors (Lipinski definition) is 4. The fraction of sp³-hybridized carbons (Fsp3) is 0.350. The number of carbonyl (C=O) groups is 1. The number of aromatic amines is 1. The van der Waals surface area contributed by atoms with Crippen molar-refractivity contribution in [2.75, 3.05) is 11.1 Å². The van der Waals surface area contributed by atoms with Crippen LogP contribution in [-0.4, -0.2) is 26.2 Å². The molecule has 154 valence electrons. The molecule has 0 radical (unpaired) electrons. The zero-order valence-corrected chi connectivity index (χ0v) is 18.7. The highest BCUT2D eigenvalue weighted by Gasteiger charge is 2.16. The molecule has 0 aliphatic rings. The van der Waals surface area contributed by atoms with Gasteiger partial charge in [-0.25, -0.2) is 4.98 Å². The normalized spacial score (nSPS) is 11.4. The first-order valence-electron chi connectivity index (χ1n) is 9.22. The highest BCUT2D eigenvalue weighted by molar-refractivity contribution is 7.99. The van der Waals surface area contributed by atoms with Gasteiger partial charge in [-0.15, -0.1) is 0 Å². The standard InChI is InChI=1S/C20H22Cl2N4O2S/c1-11(2)6-7-26-19(28)18-16(8-12(3)23-18)25-20(26)29-10-17(27)24-15-9-13(21)4-5-14(15)22/h4-5,8-9,11,23H,6-7,10H2,1-3H3,(H,24,27). The van der Waals surface area contributed by atoms with Gasteiger partial charge >= 0.3 is 0 Å². The van der Waals surface area contributed by atoms with E-state index in [2.05, 4.69) is 29.1 Å². The molecule has 0 aliphatic carbocycles. The van der Waals surface area contributed by atoms with Crippen LogP contribution in [0.1, 0.15) is 26.0 Å². The maximum atomic E-state index is 12.9. The molecule has 0 bridgehead atoms. The number of H-pyrrole nitrogens is 1. The molecule has 3 rings (SSSR count). The SMILES string of the molecule is Cc1cc2nc(SCC(=O)Nc3cc(Cl)ccc3Cl)n(CCC(C)C)c(=O)c2[nH]1. The quantitative estimate of drug-likeness (QED) is 0.385. The summed E-state index contributed by atoms with van der Waals surface area (Å²) in [7, 11) is 0. The average molecular weight is 453 g/mol. The summed E-state index contributed by atoms with van der Waals surface area (Å²) >= 11 is 13.3. The highest BCUT2D eigenvalue weighted by Crippen LogP contribution is 2.26. The molecule has 9 heteroatoms. The average Bonchev–Trinajstić information content (AvgIpc) is 3.03. The second-order valence-corrected chi connectivity index (χ2v) is 8.99. The summed E-state index contributed by atoms with van der Waals surface area (Å²) in [4.78, 5) is 33.1. The monoisotopic (exact) mass is 452 g/mol. The van der Waals surface area contributed by atoms with Crippen molar-refractivity contribution < 1.29 is 4.79 Å². The van der Waals surface area contributed by atoms with Crippen molar-refractivity contribution in [2.24, 2.45) is 5.92 Å². The number of halogens is 2. The Morgan fingerprint density at radius 3 is 2.79 bits per heavy atom. The largest absolute Gasteiger partial charge is 0.353 e. The summed E-state index contributed by atoms with van der Waals surface area (Å²) in [5, 5.41) is 4.16. The van der Waals surface area contributed by atoms with Crippen LogP contribution in [-0.2, 0) is 11.3 Å². The highest BCUT2D eigenvalue weighted by atomic mass is 35.5. The molecule has 0 unspecified atom stereocenters. The van der Waals surface area contributed by atoms with Crippen LogP contribution in [0.3, 0.4) is 0 Å². The Hall–Kier alpha value is -1.96. The first-order chi connectivity index (χ1) is 13.7. The first-order valence-corrected chi connectivity index (χ1v) is 11.0. The zero-order chi connectivity index (χ0) is 21.1. The number of aromatic nitrogens is 3. The Bertz CT molecular complexity index is 1110. The van der Waals surface area contributed by atoms with E-state index < -0.39 is 0 Å². The van der Waals surface area contributed by atoms with Gasteiger partial charge in [-0.3, -0.25) is 14.2 Å². The Morgan fingerprint density at radius 1 is 1.31 bits per heavy atom. The second-order valence-electron chi connectivity index (χ2n) is 7.21. The summed E-state index contributed by atoms with van der Waals surface area (Å²) in [5.41, 5.74) is 2.30. The van der Waals surface area contributed by atoms with Crippen LogP contribution < -0.4 is 10.9 Å². The molecular formula is C20H22Cl2N4O2S. The zero-order valence-electron chi connectivity index (χ0n) is 16.4. The summed E-state index contributed by atoms with van der Waals surface area (Å²) < 4.78 is 1.64. The van der Waals surface area contributed by atoms with E-state index >= 15 is 0 Å². The van der Waals surface area contributed by atoms with Crippen LogP contribution >= 0.6 is 35.0 Å². The third-order valence-electron chi connectivity index (χ3n) is 4.30. The second kappa shape index (κ2) is 9.24. The number of nitrogens with zero attached hydrogens (tertiary/aromatic N) is 2. The molecule has 0 saturated carbocycles. The van der Waals surface area contributed by atoms with Crippen LogP contribution in [0.2, 0.25) is 10.0 Å². The molecular weight excluding hydrogens is 431 g/mol. The van der Waals surface area contributed by atoms with Gasteiger partial charge in [0, 0.05) is 17.3 Å². The Balaban J connectivity index is 1.82. The van der Waals surface area contributed by atoms with Gasteiger partial charge in [0.1, 0.15) is 5.52 Å². The maximum absolute atomic E-state index is 12.9. The number of aryl methyl sites for hydroxylation is 1. The van der Waals surface area contributed by atoms with E-state index in [1.807, 2.05) is 13.0 Å². The molecule has 1 aromatic carbocycles. The predicted molar refractivity (Wildman–Crippen MR) is 120 cm³/mol. The first kappa shape index (κ1) is 21.7. The molecule has 0 fully saturated rings. The molecule has 1 amide bonds. The molecule has 3 aromatic rings. The minimum atomic E-state index is -0.255. The Kier molecular flexibility index (Phi) is 6.93. The van der Waals surface area contributed by atoms with Crippen molar-refractivity contribution in [3.8, 4) is 0 Å². The lowest BCUT2D eigenvalue weighted by Crippen LogP contribution is -2.25. The minimum absolute atomic E-state index is 0.0892. The van der Waals surface area contributed by atoms with Crippen molar-refractivity contribution in [1.82, 2.24) is 14.5 Å². The van der Waals surface area contributed by atoms with E-state index in [1.54, 1.807) is 22.8 Å².